The zero-order valence-corrected chi connectivity index (χ0v) is 14.9. The van der Waals surface area contributed by atoms with Crippen LogP contribution in [0.15, 0.2) is 24.0 Å². The molecule has 2 atom stereocenters. The van der Waals surface area contributed by atoms with Crippen molar-refractivity contribution in [2.75, 3.05) is 13.2 Å². The second-order valence-electron chi connectivity index (χ2n) is 6.30. The minimum absolute atomic E-state index is 0.158. The number of aromatic nitrogens is 4. The average Bonchev–Trinajstić information content (AvgIpc) is 3.32. The van der Waals surface area contributed by atoms with Crippen LogP contribution in [0.5, 0.6) is 0 Å². The molecule has 4 heterocycles. The van der Waals surface area contributed by atoms with E-state index in [9.17, 15) is 0 Å². The highest BCUT2D eigenvalue weighted by Gasteiger charge is 2.30. The second-order valence-corrected chi connectivity index (χ2v) is 7.17. The van der Waals surface area contributed by atoms with E-state index in [0.717, 1.165) is 43.3 Å². The van der Waals surface area contributed by atoms with E-state index in [-0.39, 0.29) is 6.10 Å². The van der Waals surface area contributed by atoms with Gasteiger partial charge in [-0.25, -0.2) is 4.98 Å². The maximum absolute atomic E-state index is 5.97. The Kier molecular flexibility index (Phi) is 4.39. The molecule has 0 radical (unpaired) electrons. The van der Waals surface area contributed by atoms with Gasteiger partial charge < -0.3 is 10.1 Å². The van der Waals surface area contributed by atoms with Gasteiger partial charge in [-0.3, -0.25) is 9.08 Å². The average molecular weight is 345 g/mol. The van der Waals surface area contributed by atoms with Crippen molar-refractivity contribution in [3.8, 4) is 0 Å². The van der Waals surface area contributed by atoms with Gasteiger partial charge in [0, 0.05) is 55.5 Å². The lowest BCUT2D eigenvalue weighted by molar-refractivity contribution is 0.0903. The molecule has 0 bridgehead atoms. The minimum atomic E-state index is 0.158. The van der Waals surface area contributed by atoms with Crippen LogP contribution in [-0.2, 0) is 17.8 Å². The van der Waals surface area contributed by atoms with Crippen LogP contribution in [0.2, 0.25) is 0 Å². The van der Waals surface area contributed by atoms with Crippen molar-refractivity contribution in [2.45, 2.75) is 39.5 Å². The van der Waals surface area contributed by atoms with E-state index in [2.05, 4.69) is 51.4 Å². The van der Waals surface area contributed by atoms with Crippen molar-refractivity contribution < 1.29 is 4.74 Å². The molecule has 0 spiro atoms. The molecule has 24 heavy (non-hydrogen) atoms. The lowest BCUT2D eigenvalue weighted by Gasteiger charge is -2.18. The first-order valence-corrected chi connectivity index (χ1v) is 9.40. The van der Waals surface area contributed by atoms with Gasteiger partial charge in [0.15, 0.2) is 4.96 Å². The summed E-state index contributed by atoms with van der Waals surface area (Å²) in [5, 5.41) is 10.1. The first-order valence-electron chi connectivity index (χ1n) is 8.52. The van der Waals surface area contributed by atoms with Crippen molar-refractivity contribution in [1.82, 2.24) is 24.5 Å². The molecule has 6 nitrogen and oxygen atoms in total. The van der Waals surface area contributed by atoms with Crippen LogP contribution >= 0.6 is 11.3 Å². The van der Waals surface area contributed by atoms with Crippen LogP contribution in [0, 0.1) is 12.8 Å². The Morgan fingerprint density at radius 3 is 3.21 bits per heavy atom. The van der Waals surface area contributed by atoms with Gasteiger partial charge in [0.2, 0.25) is 0 Å². The molecule has 4 rings (SSSR count). The number of imidazole rings is 1. The minimum Gasteiger partial charge on any atom is -0.373 e. The zero-order valence-electron chi connectivity index (χ0n) is 14.1. The molecule has 1 fully saturated rings. The van der Waals surface area contributed by atoms with Crippen molar-refractivity contribution in [3.63, 3.8) is 0 Å². The summed E-state index contributed by atoms with van der Waals surface area (Å²) in [7, 11) is 0. The quantitative estimate of drug-likeness (QED) is 0.746. The number of fused-ring (bicyclic) bond motifs is 1. The molecule has 1 aliphatic rings. The standard InChI is InChI=1S/C17H23N5OS/c1-3-21-11-14(9-19-21)16-13(4-6-23-16)8-18-10-15-12(2)20-17-22(15)5-7-24-17/h5,7,9,11,13,16,18H,3-4,6,8,10H2,1-2H3. The number of rotatable bonds is 6. The Labute approximate surface area is 145 Å². The van der Waals surface area contributed by atoms with E-state index in [1.54, 1.807) is 11.3 Å². The summed E-state index contributed by atoms with van der Waals surface area (Å²) in [6.45, 7) is 7.68. The molecular weight excluding hydrogens is 322 g/mol. The molecule has 128 valence electrons. The summed E-state index contributed by atoms with van der Waals surface area (Å²) in [6, 6.07) is 0. The number of nitrogens with one attached hydrogen (secondary N) is 1. The lowest BCUT2D eigenvalue weighted by Crippen LogP contribution is -2.25. The third kappa shape index (κ3) is 2.87. The van der Waals surface area contributed by atoms with Gasteiger partial charge >= 0.3 is 0 Å². The lowest BCUT2D eigenvalue weighted by atomic mass is 9.97. The summed E-state index contributed by atoms with van der Waals surface area (Å²) >= 11 is 1.68. The van der Waals surface area contributed by atoms with Gasteiger partial charge in [0.25, 0.3) is 0 Å². The highest BCUT2D eigenvalue weighted by molar-refractivity contribution is 7.15. The van der Waals surface area contributed by atoms with Crippen molar-refractivity contribution >= 4 is 16.3 Å². The summed E-state index contributed by atoms with van der Waals surface area (Å²) in [5.74, 6) is 0.491. The summed E-state index contributed by atoms with van der Waals surface area (Å²) in [4.78, 5) is 5.67. The normalized spacial score (nSPS) is 21.1. The van der Waals surface area contributed by atoms with Gasteiger partial charge in [-0.15, -0.1) is 11.3 Å². The van der Waals surface area contributed by atoms with E-state index in [0.29, 0.717) is 5.92 Å². The van der Waals surface area contributed by atoms with Crippen LogP contribution in [-0.4, -0.2) is 32.3 Å². The van der Waals surface area contributed by atoms with E-state index in [4.69, 9.17) is 4.74 Å². The van der Waals surface area contributed by atoms with Crippen molar-refractivity contribution in [3.05, 3.63) is 40.9 Å². The summed E-state index contributed by atoms with van der Waals surface area (Å²) in [5.41, 5.74) is 3.56. The monoisotopic (exact) mass is 345 g/mol. The van der Waals surface area contributed by atoms with E-state index < -0.39 is 0 Å². The van der Waals surface area contributed by atoms with Crippen LogP contribution in [0.1, 0.15) is 36.4 Å². The third-order valence-corrected chi connectivity index (χ3v) is 5.54. The van der Waals surface area contributed by atoms with Crippen LogP contribution in [0.3, 0.4) is 0 Å². The largest absolute Gasteiger partial charge is 0.373 e. The topological polar surface area (TPSA) is 56.4 Å². The fourth-order valence-electron chi connectivity index (χ4n) is 3.44. The Hall–Kier alpha value is -1.70. The van der Waals surface area contributed by atoms with Crippen molar-refractivity contribution in [1.29, 1.82) is 0 Å². The van der Waals surface area contributed by atoms with Crippen LogP contribution in [0.4, 0.5) is 0 Å². The molecule has 0 aliphatic carbocycles. The maximum atomic E-state index is 5.97. The molecule has 1 saturated heterocycles. The Balaban J connectivity index is 1.39. The highest BCUT2D eigenvalue weighted by Crippen LogP contribution is 2.34. The predicted molar refractivity (Wildman–Crippen MR) is 94.2 cm³/mol. The number of thiazole rings is 1. The molecule has 0 aromatic carbocycles. The third-order valence-electron chi connectivity index (χ3n) is 4.78. The number of hydrogen-bond donors (Lipinski definition) is 1. The van der Waals surface area contributed by atoms with Gasteiger partial charge in [-0.1, -0.05) is 0 Å². The fraction of sp³-hybridized carbons (Fsp3) is 0.529. The van der Waals surface area contributed by atoms with Crippen LogP contribution in [0.25, 0.3) is 4.96 Å². The first kappa shape index (κ1) is 15.8. The molecule has 1 aliphatic heterocycles. The molecule has 2 unspecified atom stereocenters. The number of ether oxygens (including phenoxy) is 1. The Morgan fingerprint density at radius 2 is 2.38 bits per heavy atom. The fourth-order valence-corrected chi connectivity index (χ4v) is 4.22. The first-order chi connectivity index (χ1) is 11.8. The molecule has 0 amide bonds. The van der Waals surface area contributed by atoms with Gasteiger partial charge in [0.1, 0.15) is 0 Å². The molecular formula is C17H23N5OS. The van der Waals surface area contributed by atoms with Crippen molar-refractivity contribution in [2.24, 2.45) is 5.92 Å². The molecule has 7 heteroatoms. The SMILES string of the molecule is CCn1cc(C2OCCC2CNCc2c(C)nc3sccn23)cn1. The smallest absolute Gasteiger partial charge is 0.194 e. The molecule has 3 aromatic rings. The van der Waals surface area contributed by atoms with E-state index in [1.807, 2.05) is 10.9 Å². The maximum Gasteiger partial charge on any atom is 0.194 e. The number of aryl methyl sites for hydroxylation is 2. The molecule has 0 saturated carbocycles. The highest BCUT2D eigenvalue weighted by atomic mass is 32.1. The predicted octanol–water partition coefficient (Wildman–Crippen LogP) is 2.79. The number of hydrogen-bond acceptors (Lipinski definition) is 5. The molecule has 1 N–H and O–H groups in total. The van der Waals surface area contributed by atoms with Gasteiger partial charge in [-0.2, -0.15) is 5.10 Å². The molecule has 3 aromatic heterocycles. The van der Waals surface area contributed by atoms with Gasteiger partial charge in [0.05, 0.1) is 23.7 Å². The van der Waals surface area contributed by atoms with E-state index >= 15 is 0 Å². The zero-order chi connectivity index (χ0) is 16.5. The second kappa shape index (κ2) is 6.66. The summed E-state index contributed by atoms with van der Waals surface area (Å²) in [6.07, 6.45) is 7.40. The Bertz CT molecular complexity index is 820. The Morgan fingerprint density at radius 1 is 1.46 bits per heavy atom. The van der Waals surface area contributed by atoms with E-state index in [1.165, 1.54) is 11.3 Å². The summed E-state index contributed by atoms with van der Waals surface area (Å²) < 4.78 is 10.1. The van der Waals surface area contributed by atoms with Gasteiger partial charge in [-0.05, 0) is 20.3 Å². The van der Waals surface area contributed by atoms with Crippen LogP contribution < -0.4 is 5.32 Å². The number of nitrogens with zero attached hydrogens (tertiary/aromatic N) is 4.